The minimum absolute atomic E-state index is 0.125. The molecule has 214 valence electrons. The summed E-state index contributed by atoms with van der Waals surface area (Å²) < 4.78 is 31.8. The molecule has 0 radical (unpaired) electrons. The average molecular weight is 558 g/mol. The first kappa shape index (κ1) is 30.5. The maximum absolute atomic E-state index is 13.6. The largest absolute Gasteiger partial charge is 0.497 e. The number of carbonyl (C=O) groups is 2. The van der Waals surface area contributed by atoms with Crippen LogP contribution >= 0.6 is 0 Å². The molecule has 39 heavy (non-hydrogen) atoms. The van der Waals surface area contributed by atoms with E-state index in [1.54, 1.807) is 18.1 Å². The van der Waals surface area contributed by atoms with Gasteiger partial charge in [0.2, 0.25) is 21.8 Å². The number of ether oxygens (including phenoxy) is 1. The Kier molecular flexibility index (Phi) is 10.8. The third kappa shape index (κ3) is 8.46. The van der Waals surface area contributed by atoms with Gasteiger partial charge >= 0.3 is 0 Å². The zero-order chi connectivity index (χ0) is 28.6. The second-order valence-electron chi connectivity index (χ2n) is 10.5. The summed E-state index contributed by atoms with van der Waals surface area (Å²) in [4.78, 5) is 28.6. The highest BCUT2D eigenvalue weighted by molar-refractivity contribution is 7.92. The quantitative estimate of drug-likeness (QED) is 0.384. The van der Waals surface area contributed by atoms with Crippen LogP contribution < -0.4 is 14.4 Å². The molecule has 0 spiro atoms. The number of aryl methyl sites for hydroxylation is 2. The fourth-order valence-corrected chi connectivity index (χ4v) is 6.06. The molecule has 1 atom stereocenters. The molecular formula is C30H43N3O5S. The third-order valence-electron chi connectivity index (χ3n) is 7.53. The fraction of sp³-hybridized carbons (Fsp3) is 0.533. The molecule has 0 unspecified atom stereocenters. The van der Waals surface area contributed by atoms with E-state index in [4.69, 9.17) is 4.74 Å². The Hall–Kier alpha value is -3.07. The molecule has 1 saturated carbocycles. The molecule has 1 N–H and O–H groups in total. The maximum Gasteiger partial charge on any atom is 0.243 e. The van der Waals surface area contributed by atoms with E-state index in [1.807, 2.05) is 57.2 Å². The number of hydrogen-bond donors (Lipinski definition) is 1. The van der Waals surface area contributed by atoms with Crippen LogP contribution in [0.3, 0.4) is 0 Å². The molecule has 0 heterocycles. The van der Waals surface area contributed by atoms with Gasteiger partial charge in [-0.3, -0.25) is 13.9 Å². The lowest BCUT2D eigenvalue weighted by Crippen LogP contribution is -2.51. The lowest BCUT2D eigenvalue weighted by molar-refractivity contribution is -0.141. The van der Waals surface area contributed by atoms with Crippen LogP contribution in [0.15, 0.2) is 42.5 Å². The normalized spacial score (nSPS) is 14.6. The Morgan fingerprint density at radius 3 is 2.28 bits per heavy atom. The summed E-state index contributed by atoms with van der Waals surface area (Å²) in [7, 11) is -1.94. The number of nitrogens with zero attached hydrogens (tertiary/aromatic N) is 2. The first-order valence-corrected chi connectivity index (χ1v) is 15.7. The number of sulfonamides is 1. The van der Waals surface area contributed by atoms with E-state index in [1.165, 1.54) is 10.6 Å². The Balaban J connectivity index is 1.77. The van der Waals surface area contributed by atoms with E-state index in [2.05, 4.69) is 5.32 Å². The summed E-state index contributed by atoms with van der Waals surface area (Å²) in [5.41, 5.74) is 3.56. The van der Waals surface area contributed by atoms with Crippen LogP contribution in [-0.4, -0.2) is 57.1 Å². The van der Waals surface area contributed by atoms with Crippen molar-refractivity contribution in [1.82, 2.24) is 10.2 Å². The first-order chi connectivity index (χ1) is 18.5. The van der Waals surface area contributed by atoms with Crippen molar-refractivity contribution >= 4 is 27.5 Å². The topological polar surface area (TPSA) is 96.0 Å². The lowest BCUT2D eigenvalue weighted by atomic mass is 10.1. The van der Waals surface area contributed by atoms with Crippen LogP contribution in [0.25, 0.3) is 0 Å². The van der Waals surface area contributed by atoms with E-state index in [0.717, 1.165) is 48.1 Å². The van der Waals surface area contributed by atoms with Crippen LogP contribution in [0, 0.1) is 13.8 Å². The minimum atomic E-state index is -3.54. The van der Waals surface area contributed by atoms with Crippen molar-refractivity contribution in [1.29, 1.82) is 0 Å². The molecule has 9 heteroatoms. The summed E-state index contributed by atoms with van der Waals surface area (Å²) in [6.45, 7) is 6.30. The Labute approximate surface area is 233 Å². The van der Waals surface area contributed by atoms with Gasteiger partial charge in [-0.25, -0.2) is 8.42 Å². The highest BCUT2D eigenvalue weighted by atomic mass is 32.2. The number of methoxy groups -OCH3 is 1. The third-order valence-corrected chi connectivity index (χ3v) is 8.72. The zero-order valence-corrected chi connectivity index (χ0v) is 24.7. The molecular weight excluding hydrogens is 514 g/mol. The van der Waals surface area contributed by atoms with Gasteiger partial charge in [-0.05, 0) is 80.5 Å². The van der Waals surface area contributed by atoms with Crippen LogP contribution in [0.4, 0.5) is 5.69 Å². The molecule has 2 amide bonds. The van der Waals surface area contributed by atoms with Crippen molar-refractivity contribution in [3.8, 4) is 5.75 Å². The van der Waals surface area contributed by atoms with Gasteiger partial charge in [0, 0.05) is 25.6 Å². The van der Waals surface area contributed by atoms with Gasteiger partial charge in [0.05, 0.1) is 19.1 Å². The standard InChI is InChI=1S/C30H43N3O5S/c1-6-28(30(35)31-25-10-7-8-11-25)32(21-24-14-17-27(38-4)18-15-24)29(34)12-9-19-33(39(5,36)37)26-16-13-22(2)23(3)20-26/h13-18,20,25,28H,6-12,19,21H2,1-5H3,(H,31,35)/t28-/m1/s1. The molecule has 3 rings (SSSR count). The number of benzene rings is 2. The number of carbonyl (C=O) groups excluding carboxylic acids is 2. The molecule has 0 aliphatic heterocycles. The second kappa shape index (κ2) is 13.8. The van der Waals surface area contributed by atoms with Crippen LogP contribution in [-0.2, 0) is 26.2 Å². The highest BCUT2D eigenvalue weighted by Crippen LogP contribution is 2.23. The highest BCUT2D eigenvalue weighted by Gasteiger charge is 2.30. The van der Waals surface area contributed by atoms with Gasteiger partial charge < -0.3 is 15.0 Å². The molecule has 1 aliphatic carbocycles. The first-order valence-electron chi connectivity index (χ1n) is 13.8. The number of rotatable bonds is 13. The molecule has 1 fully saturated rings. The van der Waals surface area contributed by atoms with E-state index >= 15 is 0 Å². The van der Waals surface area contributed by atoms with Crippen molar-refractivity contribution in [3.63, 3.8) is 0 Å². The smallest absolute Gasteiger partial charge is 0.243 e. The van der Waals surface area contributed by atoms with Gasteiger partial charge in [0.15, 0.2) is 0 Å². The summed E-state index contributed by atoms with van der Waals surface area (Å²) in [5, 5.41) is 3.15. The Bertz CT molecular complexity index is 1220. The molecule has 1 aliphatic rings. The van der Waals surface area contributed by atoms with Crippen LogP contribution in [0.2, 0.25) is 0 Å². The predicted molar refractivity (Wildman–Crippen MR) is 155 cm³/mol. The molecule has 2 aromatic rings. The molecule has 0 saturated heterocycles. The van der Waals surface area contributed by atoms with Gasteiger partial charge in [-0.2, -0.15) is 0 Å². The van der Waals surface area contributed by atoms with Crippen molar-refractivity contribution in [3.05, 3.63) is 59.2 Å². The fourth-order valence-electron chi connectivity index (χ4n) is 5.10. The average Bonchev–Trinajstić information content (AvgIpc) is 3.40. The van der Waals surface area contributed by atoms with Gasteiger partial charge in [0.1, 0.15) is 11.8 Å². The summed E-state index contributed by atoms with van der Waals surface area (Å²) >= 11 is 0. The molecule has 0 aromatic heterocycles. The van der Waals surface area contributed by atoms with E-state index < -0.39 is 16.1 Å². The number of anilines is 1. The van der Waals surface area contributed by atoms with Gasteiger partial charge in [-0.15, -0.1) is 0 Å². The van der Waals surface area contributed by atoms with Crippen molar-refractivity contribution in [2.24, 2.45) is 0 Å². The van der Waals surface area contributed by atoms with Crippen molar-refractivity contribution < 1.29 is 22.7 Å². The second-order valence-corrected chi connectivity index (χ2v) is 12.4. The zero-order valence-electron chi connectivity index (χ0n) is 23.9. The maximum atomic E-state index is 13.6. The van der Waals surface area contributed by atoms with Crippen LogP contribution in [0.5, 0.6) is 5.75 Å². The van der Waals surface area contributed by atoms with Crippen molar-refractivity contribution in [2.45, 2.75) is 84.3 Å². The number of nitrogens with one attached hydrogen (secondary N) is 1. The molecule has 8 nitrogen and oxygen atoms in total. The number of hydrogen-bond acceptors (Lipinski definition) is 5. The summed E-state index contributed by atoms with van der Waals surface area (Å²) in [5.74, 6) is 0.418. The lowest BCUT2D eigenvalue weighted by Gasteiger charge is -2.32. The van der Waals surface area contributed by atoms with Gasteiger partial charge in [-0.1, -0.05) is 38.0 Å². The molecule has 0 bridgehead atoms. The van der Waals surface area contributed by atoms with Gasteiger partial charge in [0.25, 0.3) is 0 Å². The van der Waals surface area contributed by atoms with Crippen molar-refractivity contribution in [2.75, 3.05) is 24.2 Å². The Morgan fingerprint density at radius 2 is 1.72 bits per heavy atom. The summed E-state index contributed by atoms with van der Waals surface area (Å²) in [6.07, 6.45) is 6.27. The van der Waals surface area contributed by atoms with Crippen LogP contribution in [0.1, 0.15) is 68.6 Å². The number of amides is 2. The Morgan fingerprint density at radius 1 is 1.05 bits per heavy atom. The predicted octanol–water partition coefficient (Wildman–Crippen LogP) is 4.72. The molecule has 2 aromatic carbocycles. The monoisotopic (exact) mass is 557 g/mol. The van der Waals surface area contributed by atoms with E-state index in [-0.39, 0.29) is 37.4 Å². The SMILES string of the molecule is CC[C@H](C(=O)NC1CCCC1)N(Cc1ccc(OC)cc1)C(=O)CCCN(c1ccc(C)c(C)c1)S(C)(=O)=O. The van der Waals surface area contributed by atoms with E-state index in [0.29, 0.717) is 18.5 Å². The minimum Gasteiger partial charge on any atom is -0.497 e. The summed E-state index contributed by atoms with van der Waals surface area (Å²) in [6, 6.07) is 12.6. The van der Waals surface area contributed by atoms with E-state index in [9.17, 15) is 18.0 Å².